The number of hydrogen-bond donors (Lipinski definition) is 1. The van der Waals surface area contributed by atoms with Crippen LogP contribution in [0.25, 0.3) is 0 Å². The van der Waals surface area contributed by atoms with Crippen molar-refractivity contribution in [1.82, 2.24) is 9.78 Å². The Morgan fingerprint density at radius 3 is 2.69 bits per heavy atom. The molecule has 3 rings (SSSR count). The first-order chi connectivity index (χ1) is 12.5. The zero-order valence-corrected chi connectivity index (χ0v) is 15.1. The lowest BCUT2D eigenvalue weighted by Gasteiger charge is -2.12. The molecule has 1 atom stereocenters. The molecule has 0 fully saturated rings. The van der Waals surface area contributed by atoms with E-state index in [-0.39, 0.29) is 11.9 Å². The van der Waals surface area contributed by atoms with Gasteiger partial charge in [-0.25, -0.2) is 0 Å². The van der Waals surface area contributed by atoms with Crippen LogP contribution in [0.1, 0.15) is 49.8 Å². The molecule has 1 amide bonds. The summed E-state index contributed by atoms with van der Waals surface area (Å²) >= 11 is 0. The largest absolute Gasteiger partial charge is 0.309 e. The maximum Gasteiger partial charge on any atom is 0.225 e. The predicted molar refractivity (Wildman–Crippen MR) is 101 cm³/mol. The molecule has 1 aliphatic rings. The van der Waals surface area contributed by atoms with E-state index < -0.39 is 5.66 Å². The molecule has 1 aromatic heterocycles. The topological polar surface area (TPSA) is 71.6 Å². The highest BCUT2D eigenvalue weighted by molar-refractivity contribution is 5.90. The van der Waals surface area contributed by atoms with Gasteiger partial charge in [-0.1, -0.05) is 30.3 Å². The molecule has 6 nitrogen and oxygen atoms in total. The van der Waals surface area contributed by atoms with Crippen LogP contribution in [0.4, 0.5) is 5.82 Å². The summed E-state index contributed by atoms with van der Waals surface area (Å²) in [7, 11) is 0. The number of terminal acetylenes is 1. The molecular weight excluding hydrogens is 326 g/mol. The van der Waals surface area contributed by atoms with E-state index >= 15 is 0 Å². The molecule has 0 bridgehead atoms. The first kappa shape index (κ1) is 17.9. The molecule has 0 saturated carbocycles. The molecule has 134 valence electrons. The van der Waals surface area contributed by atoms with E-state index in [0.717, 1.165) is 5.56 Å². The summed E-state index contributed by atoms with van der Waals surface area (Å²) in [6, 6.07) is 10.2. The molecule has 1 aliphatic heterocycles. The minimum Gasteiger partial charge on any atom is -0.309 e. The van der Waals surface area contributed by atoms with Crippen LogP contribution in [0.15, 0.2) is 46.8 Å². The number of nitrogens with one attached hydrogen (secondary N) is 1. The number of carbonyl (C=O) groups is 1. The number of hydrogen-bond acceptors (Lipinski definition) is 4. The van der Waals surface area contributed by atoms with Gasteiger partial charge in [-0.05, 0) is 19.4 Å². The van der Waals surface area contributed by atoms with Gasteiger partial charge in [0, 0.05) is 37.4 Å². The second-order valence-electron chi connectivity index (χ2n) is 6.66. The van der Waals surface area contributed by atoms with E-state index in [1.165, 1.54) is 5.56 Å². The van der Waals surface area contributed by atoms with Gasteiger partial charge in [0.1, 0.15) is 0 Å². The molecule has 2 aromatic rings. The Labute approximate surface area is 153 Å². The number of amides is 1. The lowest BCUT2D eigenvalue weighted by molar-refractivity contribution is -0.116. The molecule has 1 N–H and O–H groups in total. The maximum absolute atomic E-state index is 12.3. The lowest BCUT2D eigenvalue weighted by Crippen LogP contribution is -2.18. The highest BCUT2D eigenvalue weighted by Gasteiger charge is 2.39. The van der Waals surface area contributed by atoms with Gasteiger partial charge in [0.2, 0.25) is 5.91 Å². The third-order valence-electron chi connectivity index (χ3n) is 4.66. The van der Waals surface area contributed by atoms with Crippen LogP contribution >= 0.6 is 0 Å². The number of rotatable bonds is 8. The van der Waals surface area contributed by atoms with Gasteiger partial charge in [-0.2, -0.15) is 15.3 Å². The van der Waals surface area contributed by atoms with Gasteiger partial charge in [0.05, 0.1) is 6.04 Å². The zero-order chi connectivity index (χ0) is 18.6. The fourth-order valence-corrected chi connectivity index (χ4v) is 2.87. The van der Waals surface area contributed by atoms with Crippen LogP contribution in [-0.4, -0.2) is 21.4 Å². The molecule has 26 heavy (non-hydrogen) atoms. The Hall–Kier alpha value is -2.94. The fourth-order valence-electron chi connectivity index (χ4n) is 2.87. The van der Waals surface area contributed by atoms with Gasteiger partial charge in [-0.15, -0.1) is 12.3 Å². The van der Waals surface area contributed by atoms with Crippen LogP contribution in [-0.2, 0) is 4.79 Å². The van der Waals surface area contributed by atoms with E-state index in [0.29, 0.717) is 31.5 Å². The Balaban J connectivity index is 1.58. The number of anilines is 1. The van der Waals surface area contributed by atoms with Crippen LogP contribution in [0.3, 0.4) is 0 Å². The number of aryl methyl sites for hydroxylation is 1. The highest BCUT2D eigenvalue weighted by atomic mass is 16.1. The molecule has 1 aromatic carbocycles. The van der Waals surface area contributed by atoms with Gasteiger partial charge < -0.3 is 5.32 Å². The second-order valence-corrected chi connectivity index (χ2v) is 6.66. The molecule has 0 spiro atoms. The van der Waals surface area contributed by atoms with Gasteiger partial charge in [0.25, 0.3) is 0 Å². The number of benzene rings is 1. The number of aromatic nitrogens is 2. The Morgan fingerprint density at radius 2 is 2.04 bits per heavy atom. The summed E-state index contributed by atoms with van der Waals surface area (Å²) in [5.41, 5.74) is 1.67. The van der Waals surface area contributed by atoms with Crippen molar-refractivity contribution in [3.8, 4) is 12.3 Å². The second kappa shape index (κ2) is 7.52. The molecule has 2 heterocycles. The van der Waals surface area contributed by atoms with E-state index in [4.69, 9.17) is 6.42 Å². The third kappa shape index (κ3) is 4.17. The summed E-state index contributed by atoms with van der Waals surface area (Å²) in [6.07, 6.45) is 9.49. The summed E-state index contributed by atoms with van der Waals surface area (Å²) in [6.45, 7) is 4.02. The van der Waals surface area contributed by atoms with Crippen molar-refractivity contribution in [3.05, 3.63) is 47.7 Å². The maximum atomic E-state index is 12.3. The molecule has 0 radical (unpaired) electrons. The first-order valence-electron chi connectivity index (χ1n) is 8.81. The van der Waals surface area contributed by atoms with E-state index in [2.05, 4.69) is 45.6 Å². The minimum atomic E-state index is -0.431. The number of nitrogens with zero attached hydrogens (tertiary/aromatic N) is 4. The SMILES string of the molecule is C#CCCC1(CCC(=O)Nc2nn(C(C)c3ccccc3)cc2C)N=N1. The standard InChI is InChI=1S/C20H23N5O/c1-4-5-12-20(23-24-20)13-11-18(26)21-19-15(2)14-25(22-19)16(3)17-9-7-6-8-10-17/h1,6-10,14,16H,5,11-13H2,2-3H3,(H,21,22,26). The van der Waals surface area contributed by atoms with Gasteiger partial charge >= 0.3 is 0 Å². The monoisotopic (exact) mass is 349 g/mol. The van der Waals surface area contributed by atoms with Crippen molar-refractivity contribution in [2.24, 2.45) is 10.2 Å². The van der Waals surface area contributed by atoms with E-state index in [1.807, 2.05) is 36.0 Å². The van der Waals surface area contributed by atoms with Crippen molar-refractivity contribution in [3.63, 3.8) is 0 Å². The molecule has 1 unspecified atom stereocenters. The summed E-state index contributed by atoms with van der Waals surface area (Å²) in [5, 5.41) is 15.6. The first-order valence-corrected chi connectivity index (χ1v) is 8.81. The average Bonchev–Trinajstić information content (AvgIpc) is 3.35. The third-order valence-corrected chi connectivity index (χ3v) is 4.66. The summed E-state index contributed by atoms with van der Waals surface area (Å²) in [5.74, 6) is 3.11. The minimum absolute atomic E-state index is 0.0805. The average molecular weight is 349 g/mol. The fraction of sp³-hybridized carbons (Fsp3) is 0.400. The van der Waals surface area contributed by atoms with Crippen LogP contribution in [0.2, 0.25) is 0 Å². The summed E-state index contributed by atoms with van der Waals surface area (Å²) < 4.78 is 1.88. The summed E-state index contributed by atoms with van der Waals surface area (Å²) in [4.78, 5) is 12.3. The van der Waals surface area contributed by atoms with Crippen molar-refractivity contribution in [2.75, 3.05) is 5.32 Å². The Kier molecular flexibility index (Phi) is 5.17. The van der Waals surface area contributed by atoms with E-state index in [9.17, 15) is 4.79 Å². The van der Waals surface area contributed by atoms with Crippen LogP contribution in [0, 0.1) is 19.3 Å². The van der Waals surface area contributed by atoms with E-state index in [1.54, 1.807) is 0 Å². The predicted octanol–water partition coefficient (Wildman–Crippen LogP) is 4.10. The Bertz CT molecular complexity index is 841. The quantitative estimate of drug-likeness (QED) is 0.729. The van der Waals surface area contributed by atoms with Crippen molar-refractivity contribution < 1.29 is 4.79 Å². The van der Waals surface area contributed by atoms with Crippen molar-refractivity contribution >= 4 is 11.7 Å². The Morgan fingerprint density at radius 1 is 1.31 bits per heavy atom. The lowest BCUT2D eigenvalue weighted by atomic mass is 10.0. The number of carbonyl (C=O) groups excluding carboxylic acids is 1. The van der Waals surface area contributed by atoms with Gasteiger partial charge in [-0.3, -0.25) is 9.48 Å². The molecule has 0 saturated heterocycles. The van der Waals surface area contributed by atoms with Crippen LogP contribution < -0.4 is 5.32 Å². The normalized spacial score (nSPS) is 15.3. The smallest absolute Gasteiger partial charge is 0.225 e. The van der Waals surface area contributed by atoms with Gasteiger partial charge in [0.15, 0.2) is 11.5 Å². The zero-order valence-electron chi connectivity index (χ0n) is 15.1. The van der Waals surface area contributed by atoms with Crippen molar-refractivity contribution in [1.29, 1.82) is 0 Å². The highest BCUT2D eigenvalue weighted by Crippen LogP contribution is 2.37. The molecular formula is C20H23N5O. The molecule has 0 aliphatic carbocycles. The van der Waals surface area contributed by atoms with Crippen molar-refractivity contribution in [2.45, 2.75) is 51.2 Å². The van der Waals surface area contributed by atoms with Crippen LogP contribution in [0.5, 0.6) is 0 Å². The molecule has 6 heteroatoms.